The van der Waals surface area contributed by atoms with Gasteiger partial charge in [-0.15, -0.1) is 0 Å². The van der Waals surface area contributed by atoms with Gasteiger partial charge in [0.2, 0.25) is 5.91 Å². The second kappa shape index (κ2) is 12.9. The number of nitrogens with zero attached hydrogens (tertiary/aromatic N) is 2. The molecule has 0 unspecified atom stereocenters. The molecule has 0 saturated heterocycles. The van der Waals surface area contributed by atoms with Gasteiger partial charge in [-0.25, -0.2) is 0 Å². The molecule has 0 radical (unpaired) electrons. The van der Waals surface area contributed by atoms with E-state index in [0.717, 1.165) is 37.7 Å². The fourth-order valence-electron chi connectivity index (χ4n) is 9.25. The number of carbonyl (C=O) groups excluding carboxylic acids is 2. The molecular formula is C38H46N2O5. The maximum Gasteiger partial charge on any atom is 0.323 e. The average molecular weight is 611 g/mol. The van der Waals surface area contributed by atoms with Gasteiger partial charge in [-0.1, -0.05) is 68.0 Å². The van der Waals surface area contributed by atoms with E-state index in [1.54, 1.807) is 0 Å². The molecule has 7 nitrogen and oxygen atoms in total. The van der Waals surface area contributed by atoms with E-state index in [2.05, 4.69) is 37.0 Å². The minimum atomic E-state index is -1.05. The Kier molecular flexibility index (Phi) is 8.98. The van der Waals surface area contributed by atoms with E-state index in [4.69, 9.17) is 4.74 Å². The van der Waals surface area contributed by atoms with Gasteiger partial charge in [-0.2, -0.15) is 0 Å². The number of ether oxygens (including phenoxy) is 1. The van der Waals surface area contributed by atoms with Crippen molar-refractivity contribution >= 4 is 23.4 Å². The second-order valence-corrected chi connectivity index (χ2v) is 14.1. The number of carboxylic acids is 1. The highest BCUT2D eigenvalue weighted by Crippen LogP contribution is 2.66. The molecule has 2 saturated carbocycles. The van der Waals surface area contributed by atoms with E-state index >= 15 is 0 Å². The number of fused-ring (bicyclic) bond motifs is 5. The van der Waals surface area contributed by atoms with Crippen molar-refractivity contribution in [2.75, 3.05) is 6.54 Å². The summed E-state index contributed by atoms with van der Waals surface area (Å²) in [6, 6.07) is 13.6. The van der Waals surface area contributed by atoms with Crippen LogP contribution in [0.2, 0.25) is 0 Å². The van der Waals surface area contributed by atoms with E-state index in [9.17, 15) is 19.5 Å². The average Bonchev–Trinajstić information content (AvgIpc) is 3.39. The summed E-state index contributed by atoms with van der Waals surface area (Å²) in [5.41, 5.74) is 5.46. The number of amides is 1. The molecule has 0 spiro atoms. The highest BCUT2D eigenvalue weighted by molar-refractivity contribution is 5.81. The van der Waals surface area contributed by atoms with E-state index in [0.29, 0.717) is 24.2 Å². The standard InChI is InChI=1S/C38H46N2O5/c1-37-19-17-29(45-36(44)12-6-11-34(41)40(25-35(42)43)24-26-8-4-3-5-9-26)22-28(37)13-14-30-32-16-15-31(27-10-7-21-39-23-27)38(32,2)20-18-33(30)37/h3-5,7-10,13,15,21,23,29-30,32-33H,6,11-12,14,16-20,22,24-25H2,1-2H3,(H,42,43)/t29-,30-,32-,33-,37-,38+/m0/s1. The molecule has 1 heterocycles. The topological polar surface area (TPSA) is 96.8 Å². The van der Waals surface area contributed by atoms with Gasteiger partial charge in [0.1, 0.15) is 12.6 Å². The van der Waals surface area contributed by atoms with Crippen LogP contribution in [0.1, 0.15) is 89.2 Å². The minimum Gasteiger partial charge on any atom is -0.480 e. The van der Waals surface area contributed by atoms with Crippen molar-refractivity contribution in [2.24, 2.45) is 28.6 Å². The van der Waals surface area contributed by atoms with Crippen LogP contribution in [0.15, 0.2) is 72.6 Å². The third kappa shape index (κ3) is 6.36. The third-order valence-electron chi connectivity index (χ3n) is 11.6. The van der Waals surface area contributed by atoms with E-state index in [1.807, 2.05) is 48.8 Å². The molecule has 45 heavy (non-hydrogen) atoms. The summed E-state index contributed by atoms with van der Waals surface area (Å²) in [5, 5.41) is 9.30. The lowest BCUT2D eigenvalue weighted by atomic mass is 9.47. The number of aromatic nitrogens is 1. The Hall–Kier alpha value is -3.74. The molecule has 238 valence electrons. The highest BCUT2D eigenvalue weighted by Gasteiger charge is 2.57. The number of aliphatic carboxylic acids is 1. The molecule has 1 N–H and O–H groups in total. The molecule has 1 amide bonds. The predicted molar refractivity (Wildman–Crippen MR) is 173 cm³/mol. The zero-order valence-corrected chi connectivity index (χ0v) is 26.6. The van der Waals surface area contributed by atoms with Gasteiger partial charge in [-0.3, -0.25) is 19.4 Å². The monoisotopic (exact) mass is 610 g/mol. The van der Waals surface area contributed by atoms with E-state index < -0.39 is 5.97 Å². The van der Waals surface area contributed by atoms with Gasteiger partial charge < -0.3 is 14.7 Å². The first-order valence-electron chi connectivity index (χ1n) is 16.7. The first-order valence-corrected chi connectivity index (χ1v) is 16.7. The lowest BCUT2D eigenvalue weighted by Gasteiger charge is -2.57. The summed E-state index contributed by atoms with van der Waals surface area (Å²) in [7, 11) is 0. The number of carbonyl (C=O) groups is 3. The zero-order valence-electron chi connectivity index (χ0n) is 26.6. The molecule has 0 aliphatic heterocycles. The number of hydrogen-bond donors (Lipinski definition) is 1. The molecule has 4 aliphatic carbocycles. The molecule has 7 heteroatoms. The number of rotatable bonds is 10. The molecule has 6 rings (SSSR count). The van der Waals surface area contributed by atoms with Crippen LogP contribution in [0.4, 0.5) is 0 Å². The van der Waals surface area contributed by atoms with Gasteiger partial charge >= 0.3 is 11.9 Å². The number of esters is 1. The lowest BCUT2D eigenvalue weighted by Crippen LogP contribution is -2.50. The van der Waals surface area contributed by atoms with Gasteiger partial charge in [0.05, 0.1) is 0 Å². The van der Waals surface area contributed by atoms with Crippen molar-refractivity contribution in [3.63, 3.8) is 0 Å². The second-order valence-electron chi connectivity index (χ2n) is 14.1. The Labute approximate surface area is 266 Å². The maximum absolute atomic E-state index is 12.8. The number of hydrogen-bond acceptors (Lipinski definition) is 5. The van der Waals surface area contributed by atoms with Crippen molar-refractivity contribution in [1.82, 2.24) is 9.88 Å². The molecule has 0 bridgehead atoms. The number of benzene rings is 1. The van der Waals surface area contributed by atoms with Crippen molar-refractivity contribution in [1.29, 1.82) is 0 Å². The van der Waals surface area contributed by atoms with Crippen molar-refractivity contribution in [3.8, 4) is 0 Å². The quantitative estimate of drug-likeness (QED) is 0.225. The van der Waals surface area contributed by atoms with Gasteiger partial charge in [0.25, 0.3) is 0 Å². The van der Waals surface area contributed by atoms with Crippen molar-refractivity contribution in [3.05, 3.63) is 83.7 Å². The Morgan fingerprint density at radius 1 is 0.956 bits per heavy atom. The molecule has 1 aromatic heterocycles. The Morgan fingerprint density at radius 3 is 2.51 bits per heavy atom. The normalized spacial score (nSPS) is 30.2. The fourth-order valence-corrected chi connectivity index (χ4v) is 9.25. The summed E-state index contributed by atoms with van der Waals surface area (Å²) < 4.78 is 5.96. The first-order chi connectivity index (χ1) is 21.7. The lowest BCUT2D eigenvalue weighted by molar-refractivity contribution is -0.152. The van der Waals surface area contributed by atoms with Crippen molar-refractivity contribution < 1.29 is 24.2 Å². The van der Waals surface area contributed by atoms with Crippen LogP contribution < -0.4 is 0 Å². The molecule has 4 aliphatic rings. The van der Waals surface area contributed by atoms with Crippen LogP contribution in [0, 0.1) is 28.6 Å². The molecule has 2 fully saturated rings. The third-order valence-corrected chi connectivity index (χ3v) is 11.6. The maximum atomic E-state index is 12.8. The zero-order chi connectivity index (χ0) is 31.6. The molecule has 1 aromatic carbocycles. The number of carboxylic acid groups (broad SMARTS) is 1. The van der Waals surface area contributed by atoms with Crippen LogP contribution in [-0.2, 0) is 25.7 Å². The highest BCUT2D eigenvalue weighted by atomic mass is 16.5. The van der Waals surface area contributed by atoms with Gasteiger partial charge in [-0.05, 0) is 96.3 Å². The van der Waals surface area contributed by atoms with Crippen LogP contribution in [0.3, 0.4) is 0 Å². The Balaban J connectivity index is 1.01. The summed E-state index contributed by atoms with van der Waals surface area (Å²) >= 11 is 0. The Morgan fingerprint density at radius 2 is 1.76 bits per heavy atom. The predicted octanol–water partition coefficient (Wildman–Crippen LogP) is 7.23. The van der Waals surface area contributed by atoms with Crippen LogP contribution >= 0.6 is 0 Å². The first kappa shape index (κ1) is 31.3. The van der Waals surface area contributed by atoms with Gasteiger partial charge in [0.15, 0.2) is 0 Å². The summed E-state index contributed by atoms with van der Waals surface area (Å²) in [6.45, 7) is 4.82. The largest absolute Gasteiger partial charge is 0.480 e. The van der Waals surface area contributed by atoms with E-state index in [1.165, 1.54) is 34.5 Å². The van der Waals surface area contributed by atoms with Crippen LogP contribution in [-0.4, -0.2) is 45.5 Å². The summed E-state index contributed by atoms with van der Waals surface area (Å²) in [5.74, 6) is 0.387. The number of pyridine rings is 1. The number of allylic oxidation sites excluding steroid dienone is 3. The van der Waals surface area contributed by atoms with Crippen LogP contribution in [0.5, 0.6) is 0 Å². The molecule has 6 atom stereocenters. The summed E-state index contributed by atoms with van der Waals surface area (Å²) in [4.78, 5) is 42.8. The molecule has 2 aromatic rings. The van der Waals surface area contributed by atoms with Gasteiger partial charge in [0, 0.05) is 38.2 Å². The van der Waals surface area contributed by atoms with Crippen molar-refractivity contribution in [2.45, 2.75) is 90.7 Å². The smallest absolute Gasteiger partial charge is 0.323 e. The SMILES string of the molecule is C[C@]12CC[C@H](OC(=O)CCCC(=O)N(CC(=O)O)Cc3ccccc3)CC1=CC[C@@H]1[C@@H]2CC[C@]2(C)C(c3cccnc3)=CC[C@@H]12. The summed E-state index contributed by atoms with van der Waals surface area (Å²) in [6.07, 6.45) is 16.7. The van der Waals surface area contributed by atoms with Crippen LogP contribution in [0.25, 0.3) is 5.57 Å². The van der Waals surface area contributed by atoms with E-state index in [-0.39, 0.29) is 54.7 Å². The fraction of sp³-hybridized carbons (Fsp3) is 0.526. The molecular weight excluding hydrogens is 564 g/mol. The minimum absolute atomic E-state index is 0.115. The Bertz CT molecular complexity index is 1470.